The van der Waals surface area contributed by atoms with Gasteiger partial charge in [-0.3, -0.25) is 0 Å². The molecular weight excluding hydrogens is 205 g/mol. The summed E-state index contributed by atoms with van der Waals surface area (Å²) in [6.07, 6.45) is 5.40. The molecule has 2 heterocycles. The maximum atomic E-state index is 5.70. The van der Waals surface area contributed by atoms with Crippen molar-refractivity contribution in [2.75, 3.05) is 19.4 Å². The molecule has 3 atom stereocenters. The summed E-state index contributed by atoms with van der Waals surface area (Å²) in [5, 5.41) is 0. The summed E-state index contributed by atoms with van der Waals surface area (Å²) in [5.41, 5.74) is 0.893. The van der Waals surface area contributed by atoms with E-state index in [2.05, 4.69) is 20.5 Å². The highest BCUT2D eigenvalue weighted by Gasteiger charge is 2.28. The van der Waals surface area contributed by atoms with Gasteiger partial charge in [-0.25, -0.2) is 4.99 Å². The quantitative estimate of drug-likeness (QED) is 0.679. The van der Waals surface area contributed by atoms with Crippen molar-refractivity contribution in [3.63, 3.8) is 0 Å². The molecule has 0 aromatic rings. The Morgan fingerprint density at radius 2 is 2.33 bits per heavy atom. The monoisotopic (exact) mass is 227 g/mol. The van der Waals surface area contributed by atoms with Crippen molar-refractivity contribution in [2.24, 2.45) is 10.9 Å². The van der Waals surface area contributed by atoms with E-state index in [1.54, 1.807) is 0 Å². The minimum absolute atomic E-state index is 0.265. The zero-order chi connectivity index (χ0) is 10.8. The molecule has 0 amide bonds. The molecular formula is C12H22NOP. The molecule has 0 radical (unpaired) electrons. The van der Waals surface area contributed by atoms with Crippen LogP contribution in [0.25, 0.3) is 0 Å². The zero-order valence-corrected chi connectivity index (χ0v) is 11.0. The summed E-state index contributed by atoms with van der Waals surface area (Å²) in [4.78, 5) is 4.69. The van der Waals surface area contributed by atoms with Gasteiger partial charge in [0, 0.05) is 6.42 Å². The lowest BCUT2D eigenvalue weighted by molar-refractivity contribution is 0.285. The van der Waals surface area contributed by atoms with Gasteiger partial charge in [-0.2, -0.15) is 0 Å². The van der Waals surface area contributed by atoms with E-state index < -0.39 is 0 Å². The van der Waals surface area contributed by atoms with Crippen LogP contribution in [0.2, 0.25) is 0 Å². The number of nitrogens with zero attached hydrogens (tertiary/aromatic N) is 1. The van der Waals surface area contributed by atoms with Crippen LogP contribution in [-0.4, -0.2) is 37.0 Å². The molecule has 2 aliphatic heterocycles. The SMILES string of the molecule is CC(C)[C@H]1COC(C[C@H]2CCC[P@]2C)=N1. The van der Waals surface area contributed by atoms with E-state index in [4.69, 9.17) is 9.73 Å². The second-order valence-electron chi connectivity index (χ2n) is 5.13. The minimum Gasteiger partial charge on any atom is -0.479 e. The lowest BCUT2D eigenvalue weighted by Crippen LogP contribution is -2.13. The normalized spacial score (nSPS) is 35.7. The number of ether oxygens (including phenoxy) is 1. The molecule has 3 heteroatoms. The molecule has 0 bridgehead atoms. The fourth-order valence-corrected chi connectivity index (χ4v) is 4.47. The van der Waals surface area contributed by atoms with E-state index >= 15 is 0 Å². The van der Waals surface area contributed by atoms with Gasteiger partial charge < -0.3 is 4.74 Å². The molecule has 0 saturated carbocycles. The number of aliphatic imine (C=N–C) groups is 1. The summed E-state index contributed by atoms with van der Waals surface area (Å²) in [7, 11) is 0.265. The Morgan fingerprint density at radius 3 is 2.87 bits per heavy atom. The average Bonchev–Trinajstić information content (AvgIpc) is 2.77. The standard InChI is InChI=1S/C12H22NOP/c1-9(2)11-8-14-12(13-11)7-10-5-4-6-15(10)3/h9-11H,4-8H2,1-3H3/t10-,11-,15+/m1/s1. The predicted octanol–water partition coefficient (Wildman–Crippen LogP) is 3.10. The molecule has 1 fully saturated rings. The summed E-state index contributed by atoms with van der Waals surface area (Å²) in [5.74, 6) is 1.67. The van der Waals surface area contributed by atoms with Crippen LogP contribution in [0.1, 0.15) is 33.1 Å². The molecule has 15 heavy (non-hydrogen) atoms. The first-order valence-corrected chi connectivity index (χ1v) is 8.11. The highest BCUT2D eigenvalue weighted by Crippen LogP contribution is 2.48. The first-order valence-electron chi connectivity index (χ1n) is 6.06. The van der Waals surface area contributed by atoms with Crippen LogP contribution in [0.4, 0.5) is 0 Å². The van der Waals surface area contributed by atoms with Crippen LogP contribution in [-0.2, 0) is 4.74 Å². The molecule has 0 unspecified atom stereocenters. The molecule has 2 nitrogen and oxygen atoms in total. The third kappa shape index (κ3) is 2.72. The van der Waals surface area contributed by atoms with Gasteiger partial charge in [0.2, 0.25) is 0 Å². The minimum atomic E-state index is 0.265. The second kappa shape index (κ2) is 4.82. The van der Waals surface area contributed by atoms with Gasteiger partial charge in [-0.15, -0.1) is 7.92 Å². The van der Waals surface area contributed by atoms with Gasteiger partial charge in [0.25, 0.3) is 0 Å². The molecule has 2 rings (SSSR count). The molecule has 1 saturated heterocycles. The first kappa shape index (κ1) is 11.4. The van der Waals surface area contributed by atoms with Crippen LogP contribution >= 0.6 is 7.92 Å². The highest BCUT2D eigenvalue weighted by atomic mass is 31.1. The second-order valence-corrected chi connectivity index (χ2v) is 7.82. The Kier molecular flexibility index (Phi) is 3.66. The van der Waals surface area contributed by atoms with E-state index in [0.717, 1.165) is 24.6 Å². The molecule has 86 valence electrons. The van der Waals surface area contributed by atoms with Crippen LogP contribution in [0, 0.1) is 5.92 Å². The molecule has 0 aliphatic carbocycles. The highest BCUT2D eigenvalue weighted by molar-refractivity contribution is 7.57. The van der Waals surface area contributed by atoms with Gasteiger partial charge in [-0.05, 0) is 37.2 Å². The van der Waals surface area contributed by atoms with Crippen molar-refractivity contribution in [3.05, 3.63) is 0 Å². The van der Waals surface area contributed by atoms with Crippen molar-refractivity contribution in [3.8, 4) is 0 Å². The summed E-state index contributed by atoms with van der Waals surface area (Å²) < 4.78 is 5.70. The first-order chi connectivity index (χ1) is 7.16. The van der Waals surface area contributed by atoms with Crippen LogP contribution in [0.15, 0.2) is 4.99 Å². The molecule has 0 spiro atoms. The lowest BCUT2D eigenvalue weighted by Gasteiger charge is -2.14. The Labute approximate surface area is 94.3 Å². The number of rotatable bonds is 3. The van der Waals surface area contributed by atoms with E-state index in [1.807, 2.05) is 0 Å². The molecule has 0 aromatic heterocycles. The van der Waals surface area contributed by atoms with Crippen LogP contribution < -0.4 is 0 Å². The van der Waals surface area contributed by atoms with Crippen molar-refractivity contribution in [1.82, 2.24) is 0 Å². The van der Waals surface area contributed by atoms with Gasteiger partial charge in [0.1, 0.15) is 6.61 Å². The Balaban J connectivity index is 1.87. The molecule has 2 aliphatic rings. The maximum Gasteiger partial charge on any atom is 0.184 e. The Bertz CT molecular complexity index is 252. The van der Waals surface area contributed by atoms with Crippen molar-refractivity contribution < 1.29 is 4.74 Å². The molecule has 0 N–H and O–H groups in total. The van der Waals surface area contributed by atoms with Crippen LogP contribution in [0.3, 0.4) is 0 Å². The molecule has 0 aromatic carbocycles. The van der Waals surface area contributed by atoms with Crippen LogP contribution in [0.5, 0.6) is 0 Å². The topological polar surface area (TPSA) is 21.6 Å². The predicted molar refractivity (Wildman–Crippen MR) is 67.4 cm³/mol. The maximum absolute atomic E-state index is 5.70. The van der Waals surface area contributed by atoms with E-state index in [1.165, 1.54) is 19.0 Å². The average molecular weight is 227 g/mol. The smallest absolute Gasteiger partial charge is 0.184 e. The van der Waals surface area contributed by atoms with Crippen molar-refractivity contribution in [2.45, 2.75) is 44.8 Å². The van der Waals surface area contributed by atoms with E-state index in [9.17, 15) is 0 Å². The third-order valence-electron chi connectivity index (χ3n) is 3.58. The number of hydrogen-bond acceptors (Lipinski definition) is 2. The lowest BCUT2D eigenvalue weighted by atomic mass is 10.1. The van der Waals surface area contributed by atoms with Crippen molar-refractivity contribution >= 4 is 13.8 Å². The van der Waals surface area contributed by atoms with Gasteiger partial charge >= 0.3 is 0 Å². The van der Waals surface area contributed by atoms with Crippen molar-refractivity contribution in [1.29, 1.82) is 0 Å². The summed E-state index contributed by atoms with van der Waals surface area (Å²) in [6.45, 7) is 7.70. The summed E-state index contributed by atoms with van der Waals surface area (Å²) in [6, 6.07) is 0.421. The fourth-order valence-electron chi connectivity index (χ4n) is 2.33. The third-order valence-corrected chi connectivity index (χ3v) is 6.29. The zero-order valence-electron chi connectivity index (χ0n) is 10.1. The van der Waals surface area contributed by atoms with Gasteiger partial charge in [0.05, 0.1) is 6.04 Å². The van der Waals surface area contributed by atoms with E-state index in [-0.39, 0.29) is 7.92 Å². The number of hydrogen-bond donors (Lipinski definition) is 0. The summed E-state index contributed by atoms with van der Waals surface area (Å²) >= 11 is 0. The van der Waals surface area contributed by atoms with Gasteiger partial charge in [0.15, 0.2) is 5.90 Å². The largest absolute Gasteiger partial charge is 0.479 e. The van der Waals surface area contributed by atoms with E-state index in [0.29, 0.717) is 12.0 Å². The fraction of sp³-hybridized carbons (Fsp3) is 0.917. The Morgan fingerprint density at radius 1 is 1.53 bits per heavy atom. The van der Waals surface area contributed by atoms with Gasteiger partial charge in [-0.1, -0.05) is 13.8 Å². The Hall–Kier alpha value is -0.100.